The molecular formula is C22H30N2NiO4. The first-order valence-corrected chi connectivity index (χ1v) is 9.47. The van der Waals surface area contributed by atoms with Gasteiger partial charge in [-0.25, -0.2) is 0 Å². The molecule has 6 nitrogen and oxygen atoms in total. The fourth-order valence-electron chi connectivity index (χ4n) is 2.21. The van der Waals surface area contributed by atoms with Crippen LogP contribution < -0.4 is 10.6 Å². The fraction of sp³-hybridized carbons (Fsp3) is 0.364. The van der Waals surface area contributed by atoms with Crippen LogP contribution in [0.4, 0.5) is 0 Å². The molecule has 0 fully saturated rings. The molecular weight excluding hydrogens is 415 g/mol. The van der Waals surface area contributed by atoms with Crippen molar-refractivity contribution in [3.8, 4) is 0 Å². The molecule has 0 saturated carbocycles. The van der Waals surface area contributed by atoms with Crippen molar-refractivity contribution < 1.29 is 36.3 Å². The van der Waals surface area contributed by atoms with Crippen molar-refractivity contribution in [1.29, 1.82) is 0 Å². The standard InChI is InChI=1S/2C11H15NO2.Ni/c2*1-2-10(8-13)12-7-9-5-3-4-6-11(9)14;/h2*3-7,10,12-13H,2,8H2,1H3;. The van der Waals surface area contributed by atoms with E-state index in [1.807, 2.05) is 26.0 Å². The third-order valence-electron chi connectivity index (χ3n) is 4.21. The topological polar surface area (TPSA) is 98.7 Å². The predicted octanol–water partition coefficient (Wildman–Crippen LogP) is 1.85. The Morgan fingerprint density at radius 1 is 0.759 bits per heavy atom. The third kappa shape index (κ3) is 10.2. The van der Waals surface area contributed by atoms with E-state index in [4.69, 9.17) is 10.2 Å². The van der Waals surface area contributed by atoms with E-state index in [9.17, 15) is 9.59 Å². The first-order valence-electron chi connectivity index (χ1n) is 9.47. The summed E-state index contributed by atoms with van der Waals surface area (Å²) in [7, 11) is 0. The molecule has 2 atom stereocenters. The number of aliphatic hydroxyl groups is 2. The minimum Gasteiger partial charge on any atom is -0.394 e. The van der Waals surface area contributed by atoms with Crippen LogP contribution in [0.15, 0.2) is 72.2 Å². The van der Waals surface area contributed by atoms with Gasteiger partial charge in [-0.05, 0) is 37.1 Å². The second-order valence-electron chi connectivity index (χ2n) is 6.27. The molecule has 7 heteroatoms. The van der Waals surface area contributed by atoms with Gasteiger partial charge in [0.05, 0.1) is 13.2 Å². The summed E-state index contributed by atoms with van der Waals surface area (Å²) in [5.74, 6) is -0.0133. The number of aliphatic hydroxyl groups excluding tert-OH is 2. The summed E-state index contributed by atoms with van der Waals surface area (Å²) in [5.41, 5.74) is 1.25. The zero-order chi connectivity index (χ0) is 20.8. The summed E-state index contributed by atoms with van der Waals surface area (Å²) in [6, 6.07) is 0.0456. The molecule has 2 rings (SSSR count). The number of hydrogen-bond donors (Lipinski definition) is 4. The van der Waals surface area contributed by atoms with Crippen molar-refractivity contribution in [3.05, 3.63) is 72.2 Å². The van der Waals surface area contributed by atoms with E-state index in [0.29, 0.717) is 11.1 Å². The Bertz CT molecular complexity index is 638. The Labute approximate surface area is 182 Å². The predicted molar refractivity (Wildman–Crippen MR) is 111 cm³/mol. The van der Waals surface area contributed by atoms with Crippen molar-refractivity contribution >= 4 is 11.6 Å². The van der Waals surface area contributed by atoms with Gasteiger partial charge >= 0.3 is 0 Å². The van der Waals surface area contributed by atoms with E-state index < -0.39 is 0 Å². The number of nitrogens with one attached hydrogen (secondary N) is 2. The molecule has 2 aliphatic carbocycles. The monoisotopic (exact) mass is 444 g/mol. The van der Waals surface area contributed by atoms with Crippen LogP contribution >= 0.6 is 0 Å². The van der Waals surface area contributed by atoms with Crippen LogP contribution in [-0.2, 0) is 26.1 Å². The van der Waals surface area contributed by atoms with Crippen LogP contribution in [0.2, 0.25) is 0 Å². The van der Waals surface area contributed by atoms with Crippen LogP contribution in [0.1, 0.15) is 26.7 Å². The Balaban J connectivity index is 0.000000523. The van der Waals surface area contributed by atoms with Crippen LogP contribution in [0.25, 0.3) is 0 Å². The summed E-state index contributed by atoms with van der Waals surface area (Å²) in [6.07, 6.45) is 18.6. The molecule has 4 N–H and O–H groups in total. The van der Waals surface area contributed by atoms with Crippen molar-refractivity contribution in [2.75, 3.05) is 13.2 Å². The van der Waals surface area contributed by atoms with E-state index in [2.05, 4.69) is 10.6 Å². The van der Waals surface area contributed by atoms with Gasteiger partial charge in [-0.15, -0.1) is 0 Å². The molecule has 2 aliphatic rings. The minimum atomic E-state index is -0.00667. The Kier molecular flexibility index (Phi) is 14.5. The number of carbonyl (C=O) groups is 2. The third-order valence-corrected chi connectivity index (χ3v) is 4.21. The molecule has 0 saturated heterocycles. The molecule has 0 bridgehead atoms. The molecule has 0 aromatic carbocycles. The summed E-state index contributed by atoms with van der Waals surface area (Å²) in [5, 5.41) is 23.8. The van der Waals surface area contributed by atoms with Gasteiger partial charge in [0.25, 0.3) is 0 Å². The smallest absolute Gasteiger partial charge is 0.187 e. The van der Waals surface area contributed by atoms with Gasteiger partial charge in [0.2, 0.25) is 0 Å². The second kappa shape index (κ2) is 15.7. The number of ketones is 2. The van der Waals surface area contributed by atoms with E-state index in [1.165, 1.54) is 12.2 Å². The average molecular weight is 445 g/mol. The zero-order valence-corrected chi connectivity index (χ0v) is 17.8. The molecule has 162 valence electrons. The number of allylic oxidation sites excluding steroid dienone is 10. The van der Waals surface area contributed by atoms with E-state index >= 15 is 0 Å². The maximum Gasteiger partial charge on any atom is 0.187 e. The molecule has 2 unspecified atom stereocenters. The first kappa shape index (κ1) is 26.8. The molecule has 0 heterocycles. The average Bonchev–Trinajstić information content (AvgIpc) is 2.72. The normalized spacial score (nSPS) is 19.4. The maximum atomic E-state index is 11.3. The van der Waals surface area contributed by atoms with Gasteiger partial charge in [-0.1, -0.05) is 38.2 Å². The number of hydrogen-bond acceptors (Lipinski definition) is 6. The van der Waals surface area contributed by atoms with E-state index in [1.54, 1.807) is 36.7 Å². The van der Waals surface area contributed by atoms with Crippen molar-refractivity contribution in [3.63, 3.8) is 0 Å². The van der Waals surface area contributed by atoms with Gasteiger partial charge < -0.3 is 20.8 Å². The Hall–Kier alpha value is -2.21. The number of rotatable bonds is 8. The molecule has 0 aromatic heterocycles. The Morgan fingerprint density at radius 3 is 1.38 bits per heavy atom. The van der Waals surface area contributed by atoms with Crippen LogP contribution in [0.3, 0.4) is 0 Å². The van der Waals surface area contributed by atoms with Crippen LogP contribution in [0.5, 0.6) is 0 Å². The van der Waals surface area contributed by atoms with Crippen LogP contribution in [-0.4, -0.2) is 47.1 Å². The first-order chi connectivity index (χ1) is 13.5. The quantitative estimate of drug-likeness (QED) is 0.337. The van der Waals surface area contributed by atoms with Crippen LogP contribution in [0, 0.1) is 0 Å². The molecule has 0 aromatic rings. The van der Waals surface area contributed by atoms with E-state index in [0.717, 1.165) is 12.8 Å². The van der Waals surface area contributed by atoms with Gasteiger partial charge in [-0.2, -0.15) is 0 Å². The SMILES string of the molecule is CCC(CO)NC=C1C=CC=CC1=O.CCC(CO)NC=C1C=CC=CC1=O.[Ni]. The zero-order valence-electron chi connectivity index (χ0n) is 16.8. The van der Waals surface area contributed by atoms with Gasteiger partial charge in [0.15, 0.2) is 11.6 Å². The van der Waals surface area contributed by atoms with Crippen molar-refractivity contribution in [2.24, 2.45) is 0 Å². The molecule has 0 aliphatic heterocycles. The summed E-state index contributed by atoms with van der Waals surface area (Å²) >= 11 is 0. The van der Waals surface area contributed by atoms with Crippen molar-refractivity contribution in [2.45, 2.75) is 38.8 Å². The number of carbonyl (C=O) groups excluding carboxylic acids is 2. The van der Waals surface area contributed by atoms with Gasteiger partial charge in [0.1, 0.15) is 0 Å². The van der Waals surface area contributed by atoms with Crippen molar-refractivity contribution in [1.82, 2.24) is 10.6 Å². The molecule has 29 heavy (non-hydrogen) atoms. The maximum absolute atomic E-state index is 11.3. The summed E-state index contributed by atoms with van der Waals surface area (Å²) in [4.78, 5) is 22.5. The van der Waals surface area contributed by atoms with Gasteiger partial charge in [0, 0.05) is 52.1 Å². The summed E-state index contributed by atoms with van der Waals surface area (Å²) < 4.78 is 0. The fourth-order valence-corrected chi connectivity index (χ4v) is 2.21. The largest absolute Gasteiger partial charge is 0.394 e. The second-order valence-corrected chi connectivity index (χ2v) is 6.27. The molecule has 0 spiro atoms. The summed E-state index contributed by atoms with van der Waals surface area (Å²) in [6.45, 7) is 4.11. The minimum absolute atomic E-state index is 0. The Morgan fingerprint density at radius 2 is 1.10 bits per heavy atom. The van der Waals surface area contributed by atoms with E-state index in [-0.39, 0.29) is 53.4 Å². The molecule has 0 radical (unpaired) electrons. The molecule has 0 amide bonds. The van der Waals surface area contributed by atoms with Gasteiger partial charge in [-0.3, -0.25) is 9.59 Å².